The van der Waals surface area contributed by atoms with Crippen LogP contribution in [-0.2, 0) is 10.0 Å². The summed E-state index contributed by atoms with van der Waals surface area (Å²) in [7, 11) is -4.18. The third-order valence-electron chi connectivity index (χ3n) is 10.2. The lowest BCUT2D eigenvalue weighted by Gasteiger charge is -2.56. The highest BCUT2D eigenvalue weighted by Crippen LogP contribution is 2.52. The van der Waals surface area contributed by atoms with Crippen LogP contribution in [0.5, 0.6) is 5.88 Å². The first-order chi connectivity index (χ1) is 23.1. The van der Waals surface area contributed by atoms with Crippen LogP contribution in [0.15, 0.2) is 53.4 Å². The number of nitrogens with one attached hydrogen (secondary N) is 1. The lowest BCUT2D eigenvalue weighted by Crippen LogP contribution is -2.60. The largest absolute Gasteiger partial charge is 0.475 e. The molecule has 2 aromatic carbocycles. The minimum absolute atomic E-state index is 0.00536. The number of aryl methyl sites for hydroxylation is 2. The fourth-order valence-corrected chi connectivity index (χ4v) is 8.70. The molecular formula is C36H44F3N5O4S. The second-order valence-corrected chi connectivity index (χ2v) is 16.1. The van der Waals surface area contributed by atoms with E-state index in [1.807, 2.05) is 41.8 Å². The van der Waals surface area contributed by atoms with Crippen molar-refractivity contribution in [1.82, 2.24) is 19.8 Å². The van der Waals surface area contributed by atoms with Crippen LogP contribution in [-0.4, -0.2) is 78.6 Å². The van der Waals surface area contributed by atoms with Crippen molar-refractivity contribution in [1.29, 1.82) is 0 Å². The Morgan fingerprint density at radius 2 is 1.69 bits per heavy atom. The number of likely N-dealkylation sites (tertiary alicyclic amines) is 1. The fourth-order valence-electron chi connectivity index (χ4n) is 7.71. The number of nitrogens with zero attached hydrogens (tertiary/aromatic N) is 4. The van der Waals surface area contributed by atoms with Gasteiger partial charge in [0.25, 0.3) is 15.9 Å². The van der Waals surface area contributed by atoms with Crippen molar-refractivity contribution in [3.05, 3.63) is 65.2 Å². The average molecular weight is 700 g/mol. The second-order valence-electron chi connectivity index (χ2n) is 14.4. The van der Waals surface area contributed by atoms with Gasteiger partial charge in [0.05, 0.1) is 23.1 Å². The minimum atomic E-state index is -4.18. The summed E-state index contributed by atoms with van der Waals surface area (Å²) in [5, 5.41) is 0. The number of aromatic nitrogens is 2. The van der Waals surface area contributed by atoms with Gasteiger partial charge < -0.3 is 14.5 Å². The molecule has 1 aliphatic carbocycles. The molecule has 1 saturated heterocycles. The molecular weight excluding hydrogens is 655 g/mol. The molecule has 0 unspecified atom stereocenters. The molecule has 3 aromatic rings. The number of benzene rings is 2. The number of sulfonamides is 1. The molecule has 2 fully saturated rings. The zero-order valence-corrected chi connectivity index (χ0v) is 29.2. The summed E-state index contributed by atoms with van der Waals surface area (Å²) in [6.07, 6.45) is -1.34. The smallest absolute Gasteiger partial charge is 0.390 e. The van der Waals surface area contributed by atoms with Gasteiger partial charge in [0.1, 0.15) is 6.61 Å². The first kappa shape index (κ1) is 35.1. The van der Waals surface area contributed by atoms with E-state index in [1.54, 1.807) is 18.2 Å². The highest BCUT2D eigenvalue weighted by Gasteiger charge is 2.50. The first-order valence-corrected chi connectivity index (χ1v) is 18.4. The van der Waals surface area contributed by atoms with Crippen molar-refractivity contribution in [3.63, 3.8) is 0 Å². The number of hydrogen-bond donors (Lipinski definition) is 1. The van der Waals surface area contributed by atoms with E-state index >= 15 is 0 Å². The summed E-state index contributed by atoms with van der Waals surface area (Å²) >= 11 is 0. The molecule has 1 amide bonds. The lowest BCUT2D eigenvalue weighted by atomic mass is 9.59. The van der Waals surface area contributed by atoms with Crippen LogP contribution in [0.1, 0.15) is 73.9 Å². The molecule has 1 N–H and O–H groups in total. The fraction of sp³-hybridized carbons (Fsp3) is 0.528. The highest BCUT2D eigenvalue weighted by atomic mass is 32.2. The van der Waals surface area contributed by atoms with Crippen LogP contribution >= 0.6 is 0 Å². The molecule has 1 atom stereocenters. The van der Waals surface area contributed by atoms with Crippen LogP contribution in [0.3, 0.4) is 0 Å². The number of rotatable bonds is 6. The van der Waals surface area contributed by atoms with Gasteiger partial charge in [0.2, 0.25) is 11.8 Å². The van der Waals surface area contributed by atoms with Gasteiger partial charge in [-0.25, -0.2) is 18.1 Å². The number of alkyl halides is 3. The molecule has 4 bridgehead atoms. The topological polar surface area (TPSA) is 105 Å². The number of fused-ring (bicyclic) bond motifs is 4. The molecule has 1 spiro atoms. The summed E-state index contributed by atoms with van der Waals surface area (Å²) in [6, 6.07) is 13.1. The van der Waals surface area contributed by atoms with E-state index in [2.05, 4.69) is 28.5 Å². The summed E-state index contributed by atoms with van der Waals surface area (Å²) in [4.78, 5) is 27.2. The van der Waals surface area contributed by atoms with Crippen molar-refractivity contribution in [2.24, 2.45) is 11.3 Å². The molecule has 0 radical (unpaired) electrons. The van der Waals surface area contributed by atoms with Gasteiger partial charge in [0, 0.05) is 29.8 Å². The van der Waals surface area contributed by atoms with Crippen molar-refractivity contribution in [2.75, 3.05) is 31.0 Å². The zero-order valence-electron chi connectivity index (χ0n) is 28.4. The predicted molar refractivity (Wildman–Crippen MR) is 181 cm³/mol. The SMILES string of the molecule is Cc1cccc(C)c1-c1cc2nc(n1)NS(=O)(=O)c1cccc(c1)C(=O)N(C1CC3(CCN(CCC(F)(F)F)CC3)C1)[C@H](CC(C)C)CO2. The molecule has 264 valence electrons. The number of hydrogen-bond acceptors (Lipinski definition) is 7. The first-order valence-electron chi connectivity index (χ1n) is 16.9. The van der Waals surface area contributed by atoms with Crippen LogP contribution in [0.4, 0.5) is 19.1 Å². The van der Waals surface area contributed by atoms with Crippen molar-refractivity contribution >= 4 is 21.9 Å². The molecule has 6 rings (SSSR count). The third-order valence-corrected chi connectivity index (χ3v) is 11.5. The lowest BCUT2D eigenvalue weighted by molar-refractivity contribution is -0.140. The molecule has 1 saturated carbocycles. The van der Waals surface area contributed by atoms with Crippen LogP contribution in [0.2, 0.25) is 0 Å². The summed E-state index contributed by atoms with van der Waals surface area (Å²) < 4.78 is 74.7. The van der Waals surface area contributed by atoms with Gasteiger partial charge in [0.15, 0.2) is 0 Å². The number of carbonyl (C=O) groups excluding carboxylic acids is 1. The molecule has 49 heavy (non-hydrogen) atoms. The normalized spacial score (nSPS) is 21.3. The van der Waals surface area contributed by atoms with Crippen LogP contribution in [0, 0.1) is 25.2 Å². The zero-order chi connectivity index (χ0) is 35.1. The second kappa shape index (κ2) is 13.5. The highest BCUT2D eigenvalue weighted by molar-refractivity contribution is 7.92. The van der Waals surface area contributed by atoms with Gasteiger partial charge in [-0.1, -0.05) is 38.1 Å². The van der Waals surface area contributed by atoms with Crippen molar-refractivity contribution in [2.45, 2.75) is 89.4 Å². The van der Waals surface area contributed by atoms with E-state index in [1.165, 1.54) is 12.1 Å². The number of halogens is 3. The maximum atomic E-state index is 14.5. The van der Waals surface area contributed by atoms with Crippen molar-refractivity contribution in [3.8, 4) is 17.1 Å². The van der Waals surface area contributed by atoms with E-state index in [4.69, 9.17) is 4.74 Å². The van der Waals surface area contributed by atoms with Gasteiger partial charge in [-0.2, -0.15) is 18.2 Å². The number of piperidine rings is 1. The summed E-state index contributed by atoms with van der Waals surface area (Å²) in [5.74, 6) is -0.00767. The quantitative estimate of drug-likeness (QED) is 0.295. The Hall–Kier alpha value is -3.71. The molecule has 3 aliphatic rings. The number of anilines is 1. The number of carbonyl (C=O) groups is 1. The standard InChI is InChI=1S/C36H44F3N5O4S/c1-23(2)17-27-22-48-31-19-30(32-24(3)7-5-8-25(32)4)40-34(41-31)42-49(46,47)29-10-6-9-26(18-29)33(45)44(27)28-20-35(21-28)11-14-43(15-12-35)16-13-36(37,38)39/h5-10,18-19,23,27-28H,11-17,20-22H2,1-4H3,(H,40,41,42)/t27-/m1/s1. The molecule has 3 heterocycles. The monoisotopic (exact) mass is 699 g/mol. The van der Waals surface area contributed by atoms with Gasteiger partial charge in [-0.05, 0) is 99.7 Å². The third kappa shape index (κ3) is 7.88. The number of amides is 1. The maximum Gasteiger partial charge on any atom is 0.390 e. The van der Waals surface area contributed by atoms with E-state index in [0.717, 1.165) is 42.4 Å². The minimum Gasteiger partial charge on any atom is -0.475 e. The van der Waals surface area contributed by atoms with E-state index in [9.17, 15) is 26.4 Å². The van der Waals surface area contributed by atoms with Gasteiger partial charge >= 0.3 is 6.18 Å². The Morgan fingerprint density at radius 3 is 2.35 bits per heavy atom. The Bertz CT molecular complexity index is 1780. The van der Waals surface area contributed by atoms with E-state index in [-0.39, 0.29) is 64.8 Å². The average Bonchev–Trinajstić information content (AvgIpc) is 3.01. The van der Waals surface area contributed by atoms with E-state index in [0.29, 0.717) is 25.2 Å². The van der Waals surface area contributed by atoms with Gasteiger partial charge in [-0.15, -0.1) is 0 Å². The van der Waals surface area contributed by atoms with Crippen LogP contribution in [0.25, 0.3) is 11.3 Å². The predicted octanol–water partition coefficient (Wildman–Crippen LogP) is 7.01. The van der Waals surface area contributed by atoms with Gasteiger partial charge in [-0.3, -0.25) is 4.79 Å². The van der Waals surface area contributed by atoms with E-state index < -0.39 is 22.6 Å². The summed E-state index contributed by atoms with van der Waals surface area (Å²) in [6.45, 7) is 9.43. The Balaban J connectivity index is 1.34. The Kier molecular flexibility index (Phi) is 9.71. The molecule has 1 aromatic heterocycles. The summed E-state index contributed by atoms with van der Waals surface area (Å²) in [5.41, 5.74) is 3.50. The number of ether oxygens (including phenoxy) is 1. The Labute approximate surface area is 286 Å². The maximum absolute atomic E-state index is 14.5. The molecule has 13 heteroatoms. The molecule has 9 nitrogen and oxygen atoms in total. The molecule has 2 aliphatic heterocycles. The van der Waals surface area contributed by atoms with Crippen molar-refractivity contribution < 1.29 is 31.1 Å². The Morgan fingerprint density at radius 1 is 1.02 bits per heavy atom. The van der Waals surface area contributed by atoms with Crippen LogP contribution < -0.4 is 9.46 Å².